The van der Waals surface area contributed by atoms with E-state index in [1.807, 2.05) is 18.7 Å². The van der Waals surface area contributed by atoms with Crippen LogP contribution in [0.3, 0.4) is 0 Å². The molecule has 0 bridgehead atoms. The summed E-state index contributed by atoms with van der Waals surface area (Å²) in [6.45, 7) is 9.13. The highest BCUT2D eigenvalue weighted by Crippen LogP contribution is 2.29. The Morgan fingerprint density at radius 3 is 2.31 bits per heavy atom. The van der Waals surface area contributed by atoms with Gasteiger partial charge in [0.1, 0.15) is 0 Å². The van der Waals surface area contributed by atoms with Crippen molar-refractivity contribution in [3.8, 4) is 0 Å². The lowest BCUT2D eigenvalue weighted by Gasteiger charge is -2.39. The highest BCUT2D eigenvalue weighted by molar-refractivity contribution is 5.81. The molecular formula is C26H50N4O6. The van der Waals surface area contributed by atoms with Gasteiger partial charge in [0.05, 0.1) is 49.8 Å². The van der Waals surface area contributed by atoms with Gasteiger partial charge in [0, 0.05) is 41.0 Å². The smallest absolute Gasteiger partial charge is 0.236 e. The number of nitrogens with one attached hydrogen (secondary N) is 2. The molecule has 1 aliphatic rings. The van der Waals surface area contributed by atoms with E-state index in [0.717, 1.165) is 19.3 Å². The molecule has 0 aliphatic carbocycles. The zero-order chi connectivity index (χ0) is 27.4. The normalized spacial score (nSPS) is 20.8. The van der Waals surface area contributed by atoms with Crippen LogP contribution in [0.1, 0.15) is 53.4 Å². The van der Waals surface area contributed by atoms with E-state index in [4.69, 9.17) is 14.2 Å². The van der Waals surface area contributed by atoms with E-state index in [1.54, 1.807) is 40.3 Å². The summed E-state index contributed by atoms with van der Waals surface area (Å²) in [5.41, 5.74) is 0. The standard InChI is InChI=1S/C26H50N4O6/c1-10-17(2)24(29(6)23(32)15-27-5)21(35-8)14-22(31)30-13-11-12-20(30)25(36-9)19(4)26(33)28-18(3)16-34-7/h17-21,24-25,27H,10-16H2,1-9H3,(H,28,33)/t17?,18-,19?,20?,21?,24?,25?/m0/s1. The number of amides is 3. The van der Waals surface area contributed by atoms with Crippen molar-refractivity contribution < 1.29 is 28.6 Å². The number of rotatable bonds is 16. The Labute approximate surface area is 217 Å². The Morgan fingerprint density at radius 1 is 1.11 bits per heavy atom. The first-order valence-electron chi connectivity index (χ1n) is 13.1. The summed E-state index contributed by atoms with van der Waals surface area (Å²) in [7, 11) is 8.29. The summed E-state index contributed by atoms with van der Waals surface area (Å²) in [4.78, 5) is 42.7. The van der Waals surface area contributed by atoms with Crippen molar-refractivity contribution in [2.75, 3.05) is 55.1 Å². The van der Waals surface area contributed by atoms with Gasteiger partial charge in [-0.3, -0.25) is 14.4 Å². The van der Waals surface area contributed by atoms with Crippen LogP contribution in [0.15, 0.2) is 0 Å². The minimum Gasteiger partial charge on any atom is -0.383 e. The van der Waals surface area contributed by atoms with Crippen LogP contribution in [0.2, 0.25) is 0 Å². The quantitative estimate of drug-likeness (QED) is 0.319. The molecule has 210 valence electrons. The average Bonchev–Trinajstić information content (AvgIpc) is 3.33. The molecule has 0 aromatic carbocycles. The van der Waals surface area contributed by atoms with Crippen molar-refractivity contribution in [3.63, 3.8) is 0 Å². The third-order valence-electron chi connectivity index (χ3n) is 7.44. The summed E-state index contributed by atoms with van der Waals surface area (Å²) < 4.78 is 16.7. The van der Waals surface area contributed by atoms with Gasteiger partial charge < -0.3 is 34.6 Å². The molecule has 0 radical (unpaired) electrons. The van der Waals surface area contributed by atoms with Gasteiger partial charge in [-0.2, -0.15) is 0 Å². The molecule has 1 aliphatic heterocycles. The third-order valence-corrected chi connectivity index (χ3v) is 7.44. The Kier molecular flexibility index (Phi) is 14.5. The number of ether oxygens (including phenoxy) is 3. The maximum absolute atomic E-state index is 13.6. The van der Waals surface area contributed by atoms with Crippen LogP contribution in [0.25, 0.3) is 0 Å². The maximum Gasteiger partial charge on any atom is 0.236 e. The first-order chi connectivity index (χ1) is 17.1. The van der Waals surface area contributed by atoms with E-state index in [0.29, 0.717) is 13.2 Å². The van der Waals surface area contributed by atoms with Gasteiger partial charge in [-0.1, -0.05) is 27.2 Å². The van der Waals surface area contributed by atoms with Crippen LogP contribution >= 0.6 is 0 Å². The van der Waals surface area contributed by atoms with Gasteiger partial charge in [0.25, 0.3) is 0 Å². The first kappa shape index (κ1) is 32.3. The molecule has 1 heterocycles. The lowest BCUT2D eigenvalue weighted by Crippen LogP contribution is -2.54. The van der Waals surface area contributed by atoms with Crippen LogP contribution in [-0.4, -0.2) is 113 Å². The molecule has 1 fully saturated rings. The molecule has 7 atom stereocenters. The highest BCUT2D eigenvalue weighted by atomic mass is 16.5. The molecule has 3 amide bonds. The number of hydrogen-bond acceptors (Lipinski definition) is 7. The molecule has 0 aromatic rings. The number of nitrogens with zero attached hydrogens (tertiary/aromatic N) is 2. The summed E-state index contributed by atoms with van der Waals surface area (Å²) in [6, 6.07) is -0.563. The molecule has 10 nitrogen and oxygen atoms in total. The fourth-order valence-electron chi connectivity index (χ4n) is 5.27. The van der Waals surface area contributed by atoms with E-state index in [1.165, 1.54) is 0 Å². The zero-order valence-corrected chi connectivity index (χ0v) is 23.8. The lowest BCUT2D eigenvalue weighted by molar-refractivity contribution is -0.145. The number of carbonyl (C=O) groups is 3. The lowest BCUT2D eigenvalue weighted by atomic mass is 9.90. The number of likely N-dealkylation sites (N-methyl/N-ethyl adjacent to an activating group) is 2. The maximum atomic E-state index is 13.6. The van der Waals surface area contributed by atoms with Crippen LogP contribution in [0.5, 0.6) is 0 Å². The number of carbonyl (C=O) groups excluding carboxylic acids is 3. The monoisotopic (exact) mass is 514 g/mol. The topological polar surface area (TPSA) is 109 Å². The number of likely N-dealkylation sites (tertiary alicyclic amines) is 1. The summed E-state index contributed by atoms with van der Waals surface area (Å²) in [6.07, 6.45) is 1.73. The minimum atomic E-state index is -0.448. The Balaban J connectivity index is 3.03. The molecule has 6 unspecified atom stereocenters. The van der Waals surface area contributed by atoms with Gasteiger partial charge in [0.15, 0.2) is 0 Å². The summed E-state index contributed by atoms with van der Waals surface area (Å²) >= 11 is 0. The second-order valence-electron chi connectivity index (χ2n) is 10.0. The van der Waals surface area contributed by atoms with Gasteiger partial charge in [-0.25, -0.2) is 0 Å². The van der Waals surface area contributed by atoms with E-state index < -0.39 is 18.1 Å². The first-order valence-corrected chi connectivity index (χ1v) is 13.1. The third kappa shape index (κ3) is 8.68. The average molecular weight is 515 g/mol. The van der Waals surface area contributed by atoms with E-state index in [9.17, 15) is 14.4 Å². The minimum absolute atomic E-state index is 0.0432. The summed E-state index contributed by atoms with van der Waals surface area (Å²) in [5, 5.41) is 5.87. The largest absolute Gasteiger partial charge is 0.383 e. The van der Waals surface area contributed by atoms with Crippen molar-refractivity contribution >= 4 is 17.7 Å². The van der Waals surface area contributed by atoms with E-state index >= 15 is 0 Å². The molecule has 10 heteroatoms. The van der Waals surface area contributed by atoms with Gasteiger partial charge in [-0.15, -0.1) is 0 Å². The van der Waals surface area contributed by atoms with E-state index in [2.05, 4.69) is 24.5 Å². The van der Waals surface area contributed by atoms with Crippen molar-refractivity contribution in [3.05, 3.63) is 0 Å². The molecular weight excluding hydrogens is 464 g/mol. The Hall–Kier alpha value is -1.75. The predicted octanol–water partition coefficient (Wildman–Crippen LogP) is 1.28. The second-order valence-corrected chi connectivity index (χ2v) is 10.0. The van der Waals surface area contributed by atoms with Crippen molar-refractivity contribution in [1.82, 2.24) is 20.4 Å². The SMILES string of the molecule is CCC(C)C(C(CC(=O)N1CCCC1C(OC)C(C)C(=O)N[C@@H](C)COC)OC)N(C)C(=O)CNC. The second kappa shape index (κ2) is 16.2. The van der Waals surface area contributed by atoms with Crippen LogP contribution in [-0.2, 0) is 28.6 Å². The van der Waals surface area contributed by atoms with Crippen LogP contribution < -0.4 is 10.6 Å². The number of hydrogen-bond donors (Lipinski definition) is 2. The molecule has 1 saturated heterocycles. The van der Waals surface area contributed by atoms with Gasteiger partial charge >= 0.3 is 0 Å². The van der Waals surface area contributed by atoms with Crippen molar-refractivity contribution in [2.45, 2.75) is 83.7 Å². The molecule has 1 rings (SSSR count). The van der Waals surface area contributed by atoms with Crippen LogP contribution in [0.4, 0.5) is 0 Å². The predicted molar refractivity (Wildman–Crippen MR) is 140 cm³/mol. The highest BCUT2D eigenvalue weighted by Gasteiger charge is 2.41. The van der Waals surface area contributed by atoms with Gasteiger partial charge in [0.2, 0.25) is 17.7 Å². The molecule has 2 N–H and O–H groups in total. The van der Waals surface area contributed by atoms with Crippen molar-refractivity contribution in [2.24, 2.45) is 11.8 Å². The Morgan fingerprint density at radius 2 is 1.78 bits per heavy atom. The number of methoxy groups -OCH3 is 3. The zero-order valence-electron chi connectivity index (χ0n) is 23.8. The molecule has 0 aromatic heterocycles. The fraction of sp³-hybridized carbons (Fsp3) is 0.885. The molecule has 36 heavy (non-hydrogen) atoms. The summed E-state index contributed by atoms with van der Waals surface area (Å²) in [5.74, 6) is -0.508. The molecule has 0 saturated carbocycles. The van der Waals surface area contributed by atoms with E-state index in [-0.39, 0.29) is 54.7 Å². The van der Waals surface area contributed by atoms with Crippen molar-refractivity contribution in [1.29, 1.82) is 0 Å². The van der Waals surface area contributed by atoms with Crippen LogP contribution in [0, 0.1) is 11.8 Å². The fourth-order valence-corrected chi connectivity index (χ4v) is 5.27. The molecule has 0 spiro atoms. The van der Waals surface area contributed by atoms with Gasteiger partial charge in [-0.05, 0) is 32.7 Å². The Bertz CT molecular complexity index is 693.